The minimum absolute atomic E-state index is 0.0306. The number of rotatable bonds is 5. The van der Waals surface area contributed by atoms with E-state index in [-0.39, 0.29) is 37.4 Å². The van der Waals surface area contributed by atoms with E-state index in [1.165, 1.54) is 22.5 Å². The van der Waals surface area contributed by atoms with Crippen molar-refractivity contribution in [3.63, 3.8) is 0 Å². The van der Waals surface area contributed by atoms with Crippen LogP contribution in [0.25, 0.3) is 5.52 Å². The predicted octanol–water partition coefficient (Wildman–Crippen LogP) is 3.09. The Morgan fingerprint density at radius 2 is 1.87 bits per heavy atom. The zero-order valence-corrected chi connectivity index (χ0v) is 17.4. The molecular formula is C22H20FN3O4S. The van der Waals surface area contributed by atoms with Gasteiger partial charge in [-0.15, -0.1) is 0 Å². The summed E-state index contributed by atoms with van der Waals surface area (Å²) in [5.74, 6) is -1.67. The van der Waals surface area contributed by atoms with Gasteiger partial charge in [0.25, 0.3) is 0 Å². The summed E-state index contributed by atoms with van der Waals surface area (Å²) >= 11 is 0. The summed E-state index contributed by atoms with van der Waals surface area (Å²) in [5.41, 5.74) is 1.81. The lowest BCUT2D eigenvalue weighted by atomic mass is 9.98. The Labute approximate surface area is 179 Å². The fourth-order valence-corrected chi connectivity index (χ4v) is 5.34. The van der Waals surface area contributed by atoms with E-state index < -0.39 is 27.7 Å². The average Bonchev–Trinajstić information content (AvgIpc) is 3.15. The van der Waals surface area contributed by atoms with Crippen molar-refractivity contribution in [3.8, 4) is 6.07 Å². The maximum Gasteiger partial charge on any atom is 0.309 e. The van der Waals surface area contributed by atoms with Crippen LogP contribution in [0, 0.1) is 23.1 Å². The van der Waals surface area contributed by atoms with Crippen molar-refractivity contribution < 1.29 is 22.3 Å². The van der Waals surface area contributed by atoms with Gasteiger partial charge in [0.15, 0.2) is 0 Å². The Morgan fingerprint density at radius 3 is 2.58 bits per heavy atom. The summed E-state index contributed by atoms with van der Waals surface area (Å²) < 4.78 is 47.7. The first-order chi connectivity index (χ1) is 14.9. The number of aromatic nitrogens is 1. The second kappa shape index (κ2) is 8.49. The fraction of sp³-hybridized carbons (Fsp3) is 0.273. The molecule has 1 saturated heterocycles. The molecule has 0 amide bonds. The van der Waals surface area contributed by atoms with E-state index in [2.05, 4.69) is 6.07 Å². The zero-order valence-electron chi connectivity index (χ0n) is 16.6. The maximum atomic E-state index is 13.9. The molecule has 1 aromatic carbocycles. The number of hydrogen-bond donors (Lipinski definition) is 0. The molecule has 0 unspecified atom stereocenters. The number of benzene rings is 1. The van der Waals surface area contributed by atoms with Crippen molar-refractivity contribution in [2.75, 3.05) is 13.1 Å². The Hall–Kier alpha value is -3.22. The minimum atomic E-state index is -3.95. The first-order valence-corrected chi connectivity index (χ1v) is 11.3. The highest BCUT2D eigenvalue weighted by molar-refractivity contribution is 7.89. The third kappa shape index (κ3) is 4.04. The summed E-state index contributed by atoms with van der Waals surface area (Å²) in [6.07, 6.45) is 4.14. The van der Waals surface area contributed by atoms with E-state index in [4.69, 9.17) is 4.74 Å². The van der Waals surface area contributed by atoms with E-state index in [0.29, 0.717) is 11.1 Å². The Balaban J connectivity index is 1.38. The van der Waals surface area contributed by atoms with Gasteiger partial charge in [-0.3, -0.25) is 4.79 Å². The van der Waals surface area contributed by atoms with Crippen molar-refractivity contribution in [1.82, 2.24) is 8.71 Å². The highest BCUT2D eigenvalue weighted by Gasteiger charge is 2.34. The first kappa shape index (κ1) is 21.0. The molecule has 0 saturated carbocycles. The van der Waals surface area contributed by atoms with Crippen LogP contribution in [0.15, 0.2) is 59.8 Å². The number of pyridine rings is 1. The van der Waals surface area contributed by atoms with Gasteiger partial charge in [-0.05, 0) is 37.1 Å². The molecule has 3 heterocycles. The summed E-state index contributed by atoms with van der Waals surface area (Å²) in [5, 5.41) is 9.45. The SMILES string of the molecule is N#Cc1c(COC(=O)C2CCN(S(=O)(=O)c3ccccc3F)CC2)cn2ccccc12. The Morgan fingerprint density at radius 1 is 1.16 bits per heavy atom. The molecule has 1 aliphatic heterocycles. The van der Waals surface area contributed by atoms with Gasteiger partial charge in [0.1, 0.15) is 23.4 Å². The van der Waals surface area contributed by atoms with E-state index in [9.17, 15) is 22.9 Å². The number of esters is 1. The molecule has 4 rings (SSSR count). The molecule has 31 heavy (non-hydrogen) atoms. The van der Waals surface area contributed by atoms with Gasteiger partial charge in [0, 0.05) is 31.0 Å². The van der Waals surface area contributed by atoms with Crippen LogP contribution >= 0.6 is 0 Å². The van der Waals surface area contributed by atoms with Gasteiger partial charge in [-0.25, -0.2) is 12.8 Å². The molecule has 9 heteroatoms. The van der Waals surface area contributed by atoms with Crippen LogP contribution in [0.3, 0.4) is 0 Å². The van der Waals surface area contributed by atoms with Crippen molar-refractivity contribution in [3.05, 3.63) is 71.8 Å². The molecule has 1 aliphatic rings. The van der Waals surface area contributed by atoms with Gasteiger partial charge in [-0.2, -0.15) is 9.57 Å². The van der Waals surface area contributed by atoms with Crippen molar-refractivity contribution in [2.45, 2.75) is 24.3 Å². The molecule has 0 N–H and O–H groups in total. The van der Waals surface area contributed by atoms with Crippen molar-refractivity contribution >= 4 is 21.5 Å². The van der Waals surface area contributed by atoms with Crippen LogP contribution in [0.4, 0.5) is 4.39 Å². The lowest BCUT2D eigenvalue weighted by Crippen LogP contribution is -2.40. The molecule has 0 bridgehead atoms. The third-order valence-electron chi connectivity index (χ3n) is 5.49. The topological polar surface area (TPSA) is 91.9 Å². The van der Waals surface area contributed by atoms with Gasteiger partial charge < -0.3 is 9.14 Å². The van der Waals surface area contributed by atoms with E-state index in [1.807, 2.05) is 24.4 Å². The maximum absolute atomic E-state index is 13.9. The number of carbonyl (C=O) groups excluding carboxylic acids is 1. The van der Waals surface area contributed by atoms with Gasteiger partial charge in [0.05, 0.1) is 17.0 Å². The van der Waals surface area contributed by atoms with Gasteiger partial charge in [-0.1, -0.05) is 18.2 Å². The summed E-state index contributed by atoms with van der Waals surface area (Å²) in [7, 11) is -3.95. The van der Waals surface area contributed by atoms with Crippen LogP contribution in [0.5, 0.6) is 0 Å². The minimum Gasteiger partial charge on any atom is -0.460 e. The largest absolute Gasteiger partial charge is 0.460 e. The molecule has 3 aromatic rings. The third-order valence-corrected chi connectivity index (χ3v) is 7.42. The number of carbonyl (C=O) groups is 1. The average molecular weight is 441 g/mol. The number of hydrogen-bond acceptors (Lipinski definition) is 5. The van der Waals surface area contributed by atoms with Crippen LogP contribution in [0.2, 0.25) is 0 Å². The lowest BCUT2D eigenvalue weighted by molar-refractivity contribution is -0.151. The summed E-state index contributed by atoms with van der Waals surface area (Å²) in [4.78, 5) is 12.2. The number of halogens is 1. The normalized spacial score (nSPS) is 15.6. The van der Waals surface area contributed by atoms with Crippen LogP contribution < -0.4 is 0 Å². The number of piperidine rings is 1. The molecule has 2 aromatic heterocycles. The number of nitriles is 1. The number of nitrogens with zero attached hydrogens (tertiary/aromatic N) is 3. The lowest BCUT2D eigenvalue weighted by Gasteiger charge is -2.30. The number of sulfonamides is 1. The van der Waals surface area contributed by atoms with E-state index in [0.717, 1.165) is 11.6 Å². The van der Waals surface area contributed by atoms with Crippen LogP contribution in [-0.4, -0.2) is 36.2 Å². The number of fused-ring (bicyclic) bond motifs is 1. The molecular weight excluding hydrogens is 421 g/mol. The molecule has 0 atom stereocenters. The van der Waals surface area contributed by atoms with E-state index >= 15 is 0 Å². The highest BCUT2D eigenvalue weighted by atomic mass is 32.2. The van der Waals surface area contributed by atoms with Crippen LogP contribution in [0.1, 0.15) is 24.0 Å². The summed E-state index contributed by atoms with van der Waals surface area (Å²) in [6.45, 7) is 0.184. The second-order valence-electron chi connectivity index (χ2n) is 7.35. The molecule has 160 valence electrons. The monoisotopic (exact) mass is 441 g/mol. The highest BCUT2D eigenvalue weighted by Crippen LogP contribution is 2.26. The van der Waals surface area contributed by atoms with Gasteiger partial charge in [0.2, 0.25) is 10.0 Å². The fourth-order valence-electron chi connectivity index (χ4n) is 3.81. The molecule has 1 fully saturated rings. The van der Waals surface area contributed by atoms with Crippen molar-refractivity contribution in [2.24, 2.45) is 5.92 Å². The predicted molar refractivity (Wildman–Crippen MR) is 110 cm³/mol. The van der Waals surface area contributed by atoms with E-state index in [1.54, 1.807) is 10.6 Å². The van der Waals surface area contributed by atoms with Gasteiger partial charge >= 0.3 is 5.97 Å². The standard InChI is InChI=1S/C22H20FN3O4S/c23-19-5-1-2-7-21(19)31(28,29)26-11-8-16(9-12-26)22(27)30-15-17-14-25-10-4-3-6-20(25)18(17)13-24/h1-7,10,14,16H,8-9,11-12,15H2. The second-order valence-corrected chi connectivity index (χ2v) is 9.26. The van der Waals surface area contributed by atoms with Crippen molar-refractivity contribution in [1.29, 1.82) is 5.26 Å². The van der Waals surface area contributed by atoms with Crippen LogP contribution in [-0.2, 0) is 26.2 Å². The zero-order chi connectivity index (χ0) is 22.0. The smallest absolute Gasteiger partial charge is 0.309 e. The molecule has 0 radical (unpaired) electrons. The first-order valence-electron chi connectivity index (χ1n) is 9.82. The number of ether oxygens (including phenoxy) is 1. The Kier molecular flexibility index (Phi) is 5.76. The molecule has 7 nitrogen and oxygen atoms in total. The summed E-state index contributed by atoms with van der Waals surface area (Å²) in [6, 6.07) is 12.9. The molecule has 0 aliphatic carbocycles. The molecule has 0 spiro atoms. The Bertz CT molecular complexity index is 1270. The quantitative estimate of drug-likeness (QED) is 0.568.